The van der Waals surface area contributed by atoms with Gasteiger partial charge < -0.3 is 14.1 Å². The number of nitrogens with zero attached hydrogens (tertiary/aromatic N) is 2. The van der Waals surface area contributed by atoms with Crippen LogP contribution in [0.25, 0.3) is 21.8 Å². The molecule has 1 aliphatic rings. The van der Waals surface area contributed by atoms with E-state index < -0.39 is 5.97 Å². The summed E-state index contributed by atoms with van der Waals surface area (Å²) in [5.74, 6) is -0.842. The topological polar surface area (TPSA) is 87.0 Å². The van der Waals surface area contributed by atoms with Gasteiger partial charge in [-0.1, -0.05) is 43.3 Å². The predicted molar refractivity (Wildman–Crippen MR) is 138 cm³/mol. The van der Waals surface area contributed by atoms with Gasteiger partial charge in [0, 0.05) is 28.6 Å². The van der Waals surface area contributed by atoms with Crippen LogP contribution in [0.3, 0.4) is 0 Å². The van der Waals surface area contributed by atoms with Gasteiger partial charge in [0.05, 0.1) is 22.4 Å². The Morgan fingerprint density at radius 3 is 2.56 bits per heavy atom. The molecule has 0 atom stereocenters. The number of oxime groups is 1. The minimum atomic E-state index is -0.520. The zero-order chi connectivity index (χ0) is 25.6. The number of benzene rings is 3. The van der Waals surface area contributed by atoms with Gasteiger partial charge in [-0.15, -0.1) is 0 Å². The van der Waals surface area contributed by atoms with Crippen molar-refractivity contribution in [2.45, 2.75) is 34.2 Å². The molecule has 7 heteroatoms. The molecule has 0 saturated carbocycles. The fourth-order valence-corrected chi connectivity index (χ4v) is 4.59. The molecule has 0 bridgehead atoms. The second-order valence-corrected chi connectivity index (χ2v) is 9.18. The Kier molecular flexibility index (Phi) is 5.92. The third-order valence-corrected chi connectivity index (χ3v) is 6.53. The number of aryl methyl sites for hydroxylation is 2. The number of hydrogen-bond donors (Lipinski definition) is 0. The summed E-state index contributed by atoms with van der Waals surface area (Å²) in [5, 5.41) is 5.38. The summed E-state index contributed by atoms with van der Waals surface area (Å²) in [5.41, 5.74) is 4.37. The van der Waals surface area contributed by atoms with E-state index in [0.29, 0.717) is 29.0 Å². The minimum Gasteiger partial charge on any atom is -0.485 e. The molecule has 0 saturated heterocycles. The van der Waals surface area contributed by atoms with E-state index in [1.807, 2.05) is 62.4 Å². The zero-order valence-corrected chi connectivity index (χ0v) is 20.6. The van der Waals surface area contributed by atoms with E-state index in [0.717, 1.165) is 27.4 Å². The fourth-order valence-electron chi connectivity index (χ4n) is 4.59. The number of Topliss-reactive ketones (excluding diaryl/α,β-unsaturated/α-hetero) is 1. The summed E-state index contributed by atoms with van der Waals surface area (Å²) in [6.45, 7) is 7.93. The lowest BCUT2D eigenvalue weighted by molar-refractivity contribution is -0.147. The molecule has 4 aromatic rings. The average molecular weight is 483 g/mol. The molecule has 0 aliphatic carbocycles. The smallest absolute Gasteiger partial charge is 0.337 e. The van der Waals surface area contributed by atoms with Crippen LogP contribution < -0.4 is 4.74 Å². The SMILES string of the molecule is CCn1c2ccc(C(=O)c3ccccc3C)cc2c2c3c(ccc21)C(=O)/C(=N/OC(=O)C(C)C)CO3. The third-order valence-electron chi connectivity index (χ3n) is 6.53. The zero-order valence-electron chi connectivity index (χ0n) is 20.6. The minimum absolute atomic E-state index is 0.0329. The fraction of sp³-hybridized carbons (Fsp3) is 0.241. The van der Waals surface area contributed by atoms with Crippen molar-refractivity contribution in [1.29, 1.82) is 0 Å². The highest BCUT2D eigenvalue weighted by Crippen LogP contribution is 2.40. The van der Waals surface area contributed by atoms with Crippen molar-refractivity contribution in [1.82, 2.24) is 4.57 Å². The summed E-state index contributed by atoms with van der Waals surface area (Å²) in [6, 6.07) is 16.8. The summed E-state index contributed by atoms with van der Waals surface area (Å²) < 4.78 is 8.18. The Balaban J connectivity index is 1.65. The molecular formula is C29H26N2O5. The molecule has 182 valence electrons. The van der Waals surface area contributed by atoms with Gasteiger partial charge in [0.15, 0.2) is 11.5 Å². The first-order valence-corrected chi connectivity index (χ1v) is 12.0. The number of carbonyl (C=O) groups is 3. The molecule has 7 nitrogen and oxygen atoms in total. The molecule has 1 aromatic heterocycles. The van der Waals surface area contributed by atoms with E-state index in [2.05, 4.69) is 9.72 Å². The first-order valence-electron chi connectivity index (χ1n) is 12.0. The van der Waals surface area contributed by atoms with E-state index >= 15 is 0 Å². The van der Waals surface area contributed by atoms with Crippen LogP contribution in [0.2, 0.25) is 0 Å². The molecule has 0 spiro atoms. The number of aromatic nitrogens is 1. The van der Waals surface area contributed by atoms with Gasteiger partial charge in [0.2, 0.25) is 5.78 Å². The van der Waals surface area contributed by atoms with Crippen LogP contribution in [0, 0.1) is 12.8 Å². The average Bonchev–Trinajstić information content (AvgIpc) is 3.21. The molecule has 1 aliphatic heterocycles. The summed E-state index contributed by atoms with van der Waals surface area (Å²) in [7, 11) is 0. The van der Waals surface area contributed by atoms with Gasteiger partial charge in [-0.2, -0.15) is 0 Å². The first kappa shape index (κ1) is 23.5. The van der Waals surface area contributed by atoms with Crippen LogP contribution in [0.5, 0.6) is 5.75 Å². The van der Waals surface area contributed by atoms with Crippen molar-refractivity contribution in [2.24, 2.45) is 11.1 Å². The van der Waals surface area contributed by atoms with Crippen LogP contribution in [0.4, 0.5) is 0 Å². The van der Waals surface area contributed by atoms with Crippen molar-refractivity contribution < 1.29 is 24.0 Å². The Morgan fingerprint density at radius 2 is 1.83 bits per heavy atom. The van der Waals surface area contributed by atoms with Crippen molar-refractivity contribution in [3.05, 3.63) is 76.9 Å². The summed E-state index contributed by atoms with van der Waals surface area (Å²) in [4.78, 5) is 43.2. The second kappa shape index (κ2) is 9.07. The van der Waals surface area contributed by atoms with Gasteiger partial charge in [-0.05, 0) is 49.7 Å². The lowest BCUT2D eigenvalue weighted by atomic mass is 9.96. The molecule has 3 aromatic carbocycles. The molecule has 0 fully saturated rings. The number of ketones is 2. The van der Waals surface area contributed by atoms with Crippen LogP contribution in [0.1, 0.15) is 52.6 Å². The lowest BCUT2D eigenvalue weighted by Crippen LogP contribution is -2.29. The van der Waals surface area contributed by atoms with Crippen molar-refractivity contribution in [3.8, 4) is 5.75 Å². The highest BCUT2D eigenvalue weighted by molar-refractivity contribution is 6.48. The normalized spacial score (nSPS) is 14.4. The van der Waals surface area contributed by atoms with Gasteiger partial charge >= 0.3 is 5.97 Å². The number of hydrogen-bond acceptors (Lipinski definition) is 6. The Hall–Kier alpha value is -4.26. The van der Waals surface area contributed by atoms with Crippen molar-refractivity contribution >= 4 is 45.1 Å². The van der Waals surface area contributed by atoms with Gasteiger partial charge in [0.25, 0.3) is 0 Å². The maximum Gasteiger partial charge on any atom is 0.337 e. The van der Waals surface area contributed by atoms with Crippen molar-refractivity contribution in [3.63, 3.8) is 0 Å². The van der Waals surface area contributed by atoms with Gasteiger partial charge in [-0.3, -0.25) is 9.59 Å². The number of ether oxygens (including phenoxy) is 1. The van der Waals surface area contributed by atoms with E-state index in [9.17, 15) is 14.4 Å². The van der Waals surface area contributed by atoms with E-state index in [1.54, 1.807) is 19.9 Å². The standard InChI is InChI=1S/C29H26N2O5/c1-5-31-23-12-10-18(26(32)19-9-7-6-8-17(19)4)14-21(23)25-24(31)13-11-20-27(33)22(15-35-28(20)25)30-36-29(34)16(2)3/h6-14,16H,5,15H2,1-4H3/b30-22+. The Labute approximate surface area is 208 Å². The number of carbonyl (C=O) groups excluding carboxylic acids is 3. The highest BCUT2D eigenvalue weighted by Gasteiger charge is 2.30. The molecule has 36 heavy (non-hydrogen) atoms. The lowest BCUT2D eigenvalue weighted by Gasteiger charge is -2.18. The number of rotatable bonds is 5. The first-order chi connectivity index (χ1) is 17.3. The molecule has 5 rings (SSSR count). The maximum atomic E-state index is 13.3. The molecule has 0 amide bonds. The molecule has 0 radical (unpaired) electrons. The molecular weight excluding hydrogens is 456 g/mol. The highest BCUT2D eigenvalue weighted by atomic mass is 16.7. The summed E-state index contributed by atoms with van der Waals surface area (Å²) >= 11 is 0. The van der Waals surface area contributed by atoms with Crippen LogP contribution in [-0.4, -0.2) is 34.4 Å². The van der Waals surface area contributed by atoms with Gasteiger partial charge in [-0.25, -0.2) is 4.79 Å². The van der Waals surface area contributed by atoms with Crippen LogP contribution in [0.15, 0.2) is 59.8 Å². The van der Waals surface area contributed by atoms with E-state index in [4.69, 9.17) is 9.57 Å². The van der Waals surface area contributed by atoms with Crippen LogP contribution >= 0.6 is 0 Å². The predicted octanol–water partition coefficient (Wildman–Crippen LogP) is 5.48. The van der Waals surface area contributed by atoms with Crippen molar-refractivity contribution in [2.75, 3.05) is 6.61 Å². The van der Waals surface area contributed by atoms with E-state index in [1.165, 1.54) is 0 Å². The molecule has 0 N–H and O–H groups in total. The maximum absolute atomic E-state index is 13.3. The summed E-state index contributed by atoms with van der Waals surface area (Å²) in [6.07, 6.45) is 0. The number of fused-ring (bicyclic) bond motifs is 5. The second-order valence-electron chi connectivity index (χ2n) is 9.18. The van der Waals surface area contributed by atoms with Gasteiger partial charge in [0.1, 0.15) is 12.4 Å². The Bertz CT molecular complexity index is 1590. The van der Waals surface area contributed by atoms with Crippen LogP contribution in [-0.2, 0) is 16.2 Å². The third kappa shape index (κ3) is 3.77. The molecule has 0 unspecified atom stereocenters. The van der Waals surface area contributed by atoms with E-state index in [-0.39, 0.29) is 29.8 Å². The Morgan fingerprint density at radius 1 is 1.08 bits per heavy atom. The quantitative estimate of drug-likeness (QED) is 0.213. The monoisotopic (exact) mass is 482 g/mol. The molecule has 2 heterocycles. The largest absolute Gasteiger partial charge is 0.485 e.